The fraction of sp³-hybridized carbons (Fsp3) is 0.412. The molecule has 252 valence electrons. The molecule has 3 unspecified atom stereocenters. The molecule has 2 fully saturated rings. The van der Waals surface area contributed by atoms with E-state index in [1.807, 2.05) is 30.3 Å². The standard InChI is InChI=1S/C34H38BrF2N3O6S/c1-33(2,3)46-32(42)38-25-19-26-13-14-27(20-25)40(26)31(41)30(34(36,37)23-9-11-24(35)12-10-23)39-47(43,44)29-17-15-28(16-18-29)45-21-22-7-5-4-6-8-22/h4-12,15-18,25-27,30,39H,13-14,19-21H2,1-3H3,(H,38,42). The van der Waals surface area contributed by atoms with Crippen molar-refractivity contribution in [1.82, 2.24) is 14.9 Å². The van der Waals surface area contributed by atoms with E-state index >= 15 is 8.78 Å². The first-order valence-corrected chi connectivity index (χ1v) is 17.6. The number of amides is 2. The minimum atomic E-state index is -4.60. The van der Waals surface area contributed by atoms with Crippen molar-refractivity contribution in [2.24, 2.45) is 0 Å². The Morgan fingerprint density at radius 3 is 2.11 bits per heavy atom. The van der Waals surface area contributed by atoms with Crippen LogP contribution in [-0.2, 0) is 32.1 Å². The Balaban J connectivity index is 1.37. The summed E-state index contributed by atoms with van der Waals surface area (Å²) in [4.78, 5) is 27.6. The van der Waals surface area contributed by atoms with Crippen LogP contribution in [0.25, 0.3) is 0 Å². The number of halogens is 3. The van der Waals surface area contributed by atoms with Crippen LogP contribution in [0.3, 0.4) is 0 Å². The van der Waals surface area contributed by atoms with Gasteiger partial charge in [0.25, 0.3) is 5.92 Å². The first-order valence-electron chi connectivity index (χ1n) is 15.4. The van der Waals surface area contributed by atoms with Crippen LogP contribution in [0, 0.1) is 0 Å². The van der Waals surface area contributed by atoms with Crippen molar-refractivity contribution >= 4 is 38.0 Å². The Hall–Kier alpha value is -3.55. The van der Waals surface area contributed by atoms with Gasteiger partial charge in [0.15, 0.2) is 6.04 Å². The molecule has 0 aliphatic carbocycles. The van der Waals surface area contributed by atoms with Gasteiger partial charge in [-0.3, -0.25) is 4.79 Å². The van der Waals surface area contributed by atoms with E-state index in [4.69, 9.17) is 9.47 Å². The van der Waals surface area contributed by atoms with Crippen LogP contribution in [0.2, 0.25) is 0 Å². The van der Waals surface area contributed by atoms with Gasteiger partial charge in [-0.05, 0) is 88.4 Å². The third-order valence-corrected chi connectivity index (χ3v) is 10.2. The molecule has 3 aromatic carbocycles. The fourth-order valence-corrected chi connectivity index (χ4v) is 7.53. The van der Waals surface area contributed by atoms with Crippen LogP contribution in [-0.4, -0.2) is 55.1 Å². The van der Waals surface area contributed by atoms with Gasteiger partial charge in [0, 0.05) is 28.2 Å². The second kappa shape index (κ2) is 13.9. The van der Waals surface area contributed by atoms with Gasteiger partial charge in [0.05, 0.1) is 4.90 Å². The molecule has 0 radical (unpaired) electrons. The summed E-state index contributed by atoms with van der Waals surface area (Å²) >= 11 is 3.23. The topological polar surface area (TPSA) is 114 Å². The number of benzene rings is 3. The number of piperidine rings is 1. The Morgan fingerprint density at radius 1 is 0.936 bits per heavy atom. The predicted molar refractivity (Wildman–Crippen MR) is 175 cm³/mol. The van der Waals surface area contributed by atoms with Gasteiger partial charge in [-0.1, -0.05) is 58.4 Å². The highest BCUT2D eigenvalue weighted by Gasteiger charge is 2.54. The summed E-state index contributed by atoms with van der Waals surface area (Å²) in [7, 11) is -4.60. The molecule has 2 heterocycles. The number of hydrogen-bond acceptors (Lipinski definition) is 6. The fourth-order valence-electron chi connectivity index (χ4n) is 6.08. The smallest absolute Gasteiger partial charge is 0.407 e. The molecule has 2 aliphatic heterocycles. The van der Waals surface area contributed by atoms with Crippen molar-refractivity contribution in [3.8, 4) is 5.75 Å². The average Bonchev–Trinajstić information content (AvgIpc) is 3.28. The summed E-state index contributed by atoms with van der Waals surface area (Å²) in [5.74, 6) is -4.54. The van der Waals surface area contributed by atoms with Gasteiger partial charge in [-0.15, -0.1) is 0 Å². The van der Waals surface area contributed by atoms with Gasteiger partial charge >= 0.3 is 6.09 Å². The highest BCUT2D eigenvalue weighted by atomic mass is 79.9. The second-order valence-corrected chi connectivity index (χ2v) is 15.5. The number of fused-ring (bicyclic) bond motifs is 2. The second-order valence-electron chi connectivity index (χ2n) is 12.9. The number of nitrogens with one attached hydrogen (secondary N) is 2. The van der Waals surface area contributed by atoms with E-state index in [0.29, 0.717) is 35.9 Å². The molecule has 5 rings (SSSR count). The molecule has 3 atom stereocenters. The molecule has 0 spiro atoms. The SMILES string of the molecule is CC(C)(C)OC(=O)NC1CC2CCC(C1)N2C(=O)C(NS(=O)(=O)c1ccc(OCc2ccccc2)cc1)C(F)(F)c1ccc(Br)cc1. The maximum absolute atomic E-state index is 16.3. The van der Waals surface area contributed by atoms with E-state index in [1.165, 1.54) is 41.3 Å². The predicted octanol–water partition coefficient (Wildman–Crippen LogP) is 6.51. The Bertz CT molecular complexity index is 1650. The molecule has 2 amide bonds. The van der Waals surface area contributed by atoms with Gasteiger partial charge < -0.3 is 19.7 Å². The van der Waals surface area contributed by atoms with E-state index in [1.54, 1.807) is 20.8 Å². The van der Waals surface area contributed by atoms with E-state index in [0.717, 1.165) is 17.7 Å². The number of ether oxygens (including phenoxy) is 2. The van der Waals surface area contributed by atoms with Gasteiger partial charge in [-0.25, -0.2) is 13.2 Å². The number of hydrogen-bond donors (Lipinski definition) is 2. The van der Waals surface area contributed by atoms with Crippen molar-refractivity contribution in [2.45, 2.75) is 93.6 Å². The third kappa shape index (κ3) is 8.49. The van der Waals surface area contributed by atoms with Crippen molar-refractivity contribution < 1.29 is 36.3 Å². The summed E-state index contributed by atoms with van der Waals surface area (Å²) in [6, 6.07) is 16.2. The van der Waals surface area contributed by atoms with Crippen molar-refractivity contribution in [3.05, 3.63) is 94.5 Å². The Labute approximate surface area is 282 Å². The molecule has 13 heteroatoms. The Morgan fingerprint density at radius 2 is 1.53 bits per heavy atom. The monoisotopic (exact) mass is 733 g/mol. The molecular weight excluding hydrogens is 696 g/mol. The quantitative estimate of drug-likeness (QED) is 0.246. The van der Waals surface area contributed by atoms with Gasteiger partial charge in [-0.2, -0.15) is 13.5 Å². The van der Waals surface area contributed by atoms with Crippen LogP contribution in [0.1, 0.15) is 57.6 Å². The number of rotatable bonds is 10. The molecule has 2 aliphatic rings. The molecule has 0 aromatic heterocycles. The average molecular weight is 735 g/mol. The summed E-state index contributed by atoms with van der Waals surface area (Å²) in [6.45, 7) is 5.50. The number of alkyl carbamates (subject to hydrolysis) is 1. The molecule has 3 aromatic rings. The maximum atomic E-state index is 16.3. The van der Waals surface area contributed by atoms with Crippen LogP contribution in [0.4, 0.5) is 13.6 Å². The van der Waals surface area contributed by atoms with Crippen molar-refractivity contribution in [1.29, 1.82) is 0 Å². The molecular formula is C34H38BrF2N3O6S. The zero-order chi connectivity index (χ0) is 34.0. The normalized spacial score (nSPS) is 20.4. The highest BCUT2D eigenvalue weighted by Crippen LogP contribution is 2.40. The number of nitrogens with zero attached hydrogens (tertiary/aromatic N) is 1. The molecule has 2 N–H and O–H groups in total. The minimum absolute atomic E-state index is 0.257. The lowest BCUT2D eigenvalue weighted by molar-refractivity contribution is -0.149. The first-order chi connectivity index (χ1) is 22.1. The lowest BCUT2D eigenvalue weighted by Crippen LogP contribution is -2.61. The number of carbonyl (C=O) groups is 2. The first kappa shape index (κ1) is 34.8. The summed E-state index contributed by atoms with van der Waals surface area (Å²) < 4.78 is 73.6. The van der Waals surface area contributed by atoms with Crippen LogP contribution >= 0.6 is 15.9 Å². The van der Waals surface area contributed by atoms with Gasteiger partial charge in [0.1, 0.15) is 18.0 Å². The molecule has 9 nitrogen and oxygen atoms in total. The van der Waals surface area contributed by atoms with Crippen LogP contribution in [0.5, 0.6) is 5.75 Å². The summed E-state index contributed by atoms with van der Waals surface area (Å²) in [5.41, 5.74) is -0.292. The number of carbonyl (C=O) groups excluding carboxylic acids is 2. The van der Waals surface area contributed by atoms with E-state index in [-0.39, 0.29) is 17.5 Å². The number of alkyl halides is 2. The minimum Gasteiger partial charge on any atom is -0.489 e. The molecule has 0 saturated carbocycles. The van der Waals surface area contributed by atoms with E-state index in [2.05, 4.69) is 26.0 Å². The molecule has 2 bridgehead atoms. The lowest BCUT2D eigenvalue weighted by atomic mass is 9.94. The van der Waals surface area contributed by atoms with E-state index in [9.17, 15) is 18.0 Å². The van der Waals surface area contributed by atoms with Crippen LogP contribution < -0.4 is 14.8 Å². The molecule has 2 saturated heterocycles. The van der Waals surface area contributed by atoms with E-state index < -0.39 is 57.2 Å². The highest BCUT2D eigenvalue weighted by molar-refractivity contribution is 9.10. The zero-order valence-electron chi connectivity index (χ0n) is 26.3. The third-order valence-electron chi connectivity index (χ3n) is 8.20. The van der Waals surface area contributed by atoms with Crippen molar-refractivity contribution in [2.75, 3.05) is 0 Å². The lowest BCUT2D eigenvalue weighted by Gasteiger charge is -2.42. The Kier molecular flexibility index (Phi) is 10.3. The van der Waals surface area contributed by atoms with Crippen molar-refractivity contribution in [3.63, 3.8) is 0 Å². The summed E-state index contributed by atoms with van der Waals surface area (Å²) in [5, 5.41) is 2.84. The largest absolute Gasteiger partial charge is 0.489 e. The van der Waals surface area contributed by atoms with Gasteiger partial charge in [0.2, 0.25) is 15.9 Å². The molecule has 47 heavy (non-hydrogen) atoms. The van der Waals surface area contributed by atoms with Crippen LogP contribution in [0.15, 0.2) is 88.2 Å². The maximum Gasteiger partial charge on any atom is 0.407 e. The zero-order valence-corrected chi connectivity index (χ0v) is 28.7. The summed E-state index contributed by atoms with van der Waals surface area (Å²) in [6.07, 6.45) is 1.14. The number of sulfonamides is 1.